The fourth-order valence-corrected chi connectivity index (χ4v) is 1.74. The predicted molar refractivity (Wildman–Crippen MR) is 43.7 cm³/mol. The van der Waals surface area contributed by atoms with Crippen molar-refractivity contribution >= 4 is 5.91 Å². The number of rotatable bonds is 1. The van der Waals surface area contributed by atoms with E-state index in [4.69, 9.17) is 11.5 Å². The summed E-state index contributed by atoms with van der Waals surface area (Å²) in [6.07, 6.45) is 3.99. The molecule has 3 nitrogen and oxygen atoms in total. The molecule has 2 unspecified atom stereocenters. The number of primary amides is 1. The summed E-state index contributed by atoms with van der Waals surface area (Å²) in [7, 11) is 0. The van der Waals surface area contributed by atoms with Gasteiger partial charge in [-0.2, -0.15) is 0 Å². The maximum absolute atomic E-state index is 11.0. The Kier molecular flexibility index (Phi) is 2.18. The van der Waals surface area contributed by atoms with E-state index in [1.54, 1.807) is 0 Å². The molecular weight excluding hydrogens is 140 g/mol. The van der Waals surface area contributed by atoms with Gasteiger partial charge >= 0.3 is 0 Å². The summed E-state index contributed by atoms with van der Waals surface area (Å²) in [6, 6.07) is 0. The number of carbonyl (C=O) groups excluding carboxylic acids is 1. The molecule has 1 aliphatic rings. The Morgan fingerprint density at radius 3 is 2.55 bits per heavy atom. The van der Waals surface area contributed by atoms with Gasteiger partial charge in [-0.15, -0.1) is 0 Å². The van der Waals surface area contributed by atoms with E-state index < -0.39 is 5.54 Å². The maximum atomic E-state index is 11.0. The Bertz CT molecular complexity index is 169. The standard InChI is InChI=1S/C8H16N2O/c1-6-4-2-3-5-8(6,10)7(9)11/h6H,2-5,10H2,1H3,(H2,9,11). The lowest BCUT2D eigenvalue weighted by Crippen LogP contribution is -2.57. The third-order valence-electron chi connectivity index (χ3n) is 2.82. The Morgan fingerprint density at radius 1 is 1.55 bits per heavy atom. The van der Waals surface area contributed by atoms with Gasteiger partial charge in [-0.25, -0.2) is 0 Å². The molecule has 0 heterocycles. The number of nitrogens with two attached hydrogens (primary N) is 2. The van der Waals surface area contributed by atoms with Gasteiger partial charge in [0.25, 0.3) is 0 Å². The minimum absolute atomic E-state index is 0.244. The average Bonchev–Trinajstić information content (AvgIpc) is 1.95. The molecule has 0 radical (unpaired) electrons. The van der Waals surface area contributed by atoms with Crippen molar-refractivity contribution in [3.05, 3.63) is 0 Å². The summed E-state index contributed by atoms with van der Waals surface area (Å²) in [5.41, 5.74) is 10.4. The molecule has 1 rings (SSSR count). The van der Waals surface area contributed by atoms with E-state index in [0.29, 0.717) is 0 Å². The van der Waals surface area contributed by atoms with Crippen molar-refractivity contribution in [2.24, 2.45) is 17.4 Å². The fourth-order valence-electron chi connectivity index (χ4n) is 1.74. The monoisotopic (exact) mass is 156 g/mol. The molecule has 1 amide bonds. The molecular formula is C8H16N2O. The van der Waals surface area contributed by atoms with Gasteiger partial charge in [0.2, 0.25) is 5.91 Å². The van der Waals surface area contributed by atoms with Crippen LogP contribution in [0, 0.1) is 5.92 Å². The molecule has 0 bridgehead atoms. The van der Waals surface area contributed by atoms with Crippen LogP contribution in [-0.4, -0.2) is 11.4 Å². The van der Waals surface area contributed by atoms with Crippen LogP contribution in [0.25, 0.3) is 0 Å². The molecule has 0 spiro atoms. The molecule has 0 aromatic heterocycles. The summed E-state index contributed by atoms with van der Waals surface area (Å²) in [4.78, 5) is 11.0. The second kappa shape index (κ2) is 2.81. The van der Waals surface area contributed by atoms with Crippen molar-refractivity contribution in [3.63, 3.8) is 0 Å². The minimum atomic E-state index is -0.724. The Morgan fingerprint density at radius 2 is 2.18 bits per heavy atom. The van der Waals surface area contributed by atoms with Gasteiger partial charge in [0.15, 0.2) is 0 Å². The summed E-state index contributed by atoms with van der Waals surface area (Å²) in [5, 5.41) is 0. The van der Waals surface area contributed by atoms with Crippen LogP contribution in [0.4, 0.5) is 0 Å². The van der Waals surface area contributed by atoms with Crippen LogP contribution >= 0.6 is 0 Å². The molecule has 0 aromatic carbocycles. The summed E-state index contributed by atoms with van der Waals surface area (Å²) in [6.45, 7) is 2.00. The van der Waals surface area contributed by atoms with Crippen molar-refractivity contribution in [1.29, 1.82) is 0 Å². The van der Waals surface area contributed by atoms with Gasteiger partial charge in [-0.05, 0) is 18.8 Å². The average molecular weight is 156 g/mol. The van der Waals surface area contributed by atoms with Crippen LogP contribution in [0.1, 0.15) is 32.6 Å². The summed E-state index contributed by atoms with van der Waals surface area (Å²) >= 11 is 0. The highest BCUT2D eigenvalue weighted by atomic mass is 16.1. The second-order valence-corrected chi connectivity index (χ2v) is 3.55. The van der Waals surface area contributed by atoms with E-state index in [2.05, 4.69) is 0 Å². The highest BCUT2D eigenvalue weighted by Crippen LogP contribution is 2.30. The van der Waals surface area contributed by atoms with E-state index in [1.807, 2.05) is 6.92 Å². The Labute approximate surface area is 67.1 Å². The third kappa shape index (κ3) is 1.38. The molecule has 0 aliphatic heterocycles. The number of hydrogen-bond acceptors (Lipinski definition) is 2. The van der Waals surface area contributed by atoms with Crippen LogP contribution in [0.2, 0.25) is 0 Å². The van der Waals surface area contributed by atoms with Gasteiger partial charge in [-0.3, -0.25) is 4.79 Å². The topological polar surface area (TPSA) is 69.1 Å². The zero-order valence-electron chi connectivity index (χ0n) is 6.97. The Balaban J connectivity index is 2.72. The number of carbonyl (C=O) groups is 1. The fraction of sp³-hybridized carbons (Fsp3) is 0.875. The van der Waals surface area contributed by atoms with Crippen molar-refractivity contribution < 1.29 is 4.79 Å². The third-order valence-corrected chi connectivity index (χ3v) is 2.82. The molecule has 1 aliphatic carbocycles. The normalized spacial score (nSPS) is 38.5. The predicted octanol–water partition coefficient (Wildman–Crippen LogP) is 0.379. The molecule has 4 N–H and O–H groups in total. The molecule has 3 heteroatoms. The quantitative estimate of drug-likeness (QED) is 0.576. The molecule has 0 aromatic rings. The van der Waals surface area contributed by atoms with E-state index >= 15 is 0 Å². The molecule has 1 fully saturated rings. The highest BCUT2D eigenvalue weighted by Gasteiger charge is 2.39. The lowest BCUT2D eigenvalue weighted by molar-refractivity contribution is -0.126. The number of hydrogen-bond donors (Lipinski definition) is 2. The van der Waals surface area contributed by atoms with Crippen LogP contribution in [0.5, 0.6) is 0 Å². The SMILES string of the molecule is CC1CCCCC1(N)C(N)=O. The van der Waals surface area contributed by atoms with Crippen molar-refractivity contribution in [1.82, 2.24) is 0 Å². The second-order valence-electron chi connectivity index (χ2n) is 3.55. The molecule has 11 heavy (non-hydrogen) atoms. The van der Waals surface area contributed by atoms with Crippen LogP contribution in [0.15, 0.2) is 0 Å². The molecule has 0 saturated heterocycles. The van der Waals surface area contributed by atoms with Crippen molar-refractivity contribution in [2.45, 2.75) is 38.1 Å². The number of amides is 1. The molecule has 2 atom stereocenters. The van der Waals surface area contributed by atoms with Crippen LogP contribution < -0.4 is 11.5 Å². The Hall–Kier alpha value is -0.570. The first kappa shape index (κ1) is 8.53. The molecule has 64 valence electrons. The van der Waals surface area contributed by atoms with Gasteiger partial charge in [0, 0.05) is 0 Å². The van der Waals surface area contributed by atoms with Crippen molar-refractivity contribution in [2.75, 3.05) is 0 Å². The van der Waals surface area contributed by atoms with Gasteiger partial charge in [0.05, 0.1) is 5.54 Å². The minimum Gasteiger partial charge on any atom is -0.368 e. The highest BCUT2D eigenvalue weighted by molar-refractivity contribution is 5.84. The zero-order chi connectivity index (χ0) is 8.48. The van der Waals surface area contributed by atoms with Crippen molar-refractivity contribution in [3.8, 4) is 0 Å². The maximum Gasteiger partial charge on any atom is 0.237 e. The van der Waals surface area contributed by atoms with E-state index in [0.717, 1.165) is 19.3 Å². The first-order valence-electron chi connectivity index (χ1n) is 4.16. The van der Waals surface area contributed by atoms with Crippen LogP contribution in [-0.2, 0) is 4.79 Å². The van der Waals surface area contributed by atoms with Gasteiger partial charge in [-0.1, -0.05) is 19.8 Å². The first-order chi connectivity index (χ1) is 5.07. The zero-order valence-corrected chi connectivity index (χ0v) is 6.97. The van der Waals surface area contributed by atoms with Gasteiger partial charge < -0.3 is 11.5 Å². The summed E-state index contributed by atoms with van der Waals surface area (Å²) in [5.74, 6) is -0.0987. The first-order valence-corrected chi connectivity index (χ1v) is 4.16. The van der Waals surface area contributed by atoms with E-state index in [1.165, 1.54) is 6.42 Å². The lowest BCUT2D eigenvalue weighted by atomic mass is 9.74. The lowest BCUT2D eigenvalue weighted by Gasteiger charge is -2.36. The van der Waals surface area contributed by atoms with Gasteiger partial charge in [0.1, 0.15) is 0 Å². The molecule has 1 saturated carbocycles. The van der Waals surface area contributed by atoms with E-state index in [-0.39, 0.29) is 11.8 Å². The van der Waals surface area contributed by atoms with Crippen LogP contribution in [0.3, 0.4) is 0 Å². The largest absolute Gasteiger partial charge is 0.368 e. The smallest absolute Gasteiger partial charge is 0.237 e. The summed E-state index contributed by atoms with van der Waals surface area (Å²) < 4.78 is 0. The van der Waals surface area contributed by atoms with E-state index in [9.17, 15) is 4.79 Å².